The van der Waals surface area contributed by atoms with Crippen LogP contribution in [0.1, 0.15) is 29.7 Å². The Bertz CT molecular complexity index is 734. The molecule has 0 fully saturated rings. The molecular weight excluding hydrogens is 323 g/mol. The van der Waals surface area contributed by atoms with Gasteiger partial charge in [0.15, 0.2) is 12.4 Å². The molecule has 0 spiro atoms. The van der Waals surface area contributed by atoms with Gasteiger partial charge in [-0.1, -0.05) is 19.1 Å². The number of hydrogen-bond donors (Lipinski definition) is 0. The van der Waals surface area contributed by atoms with Crippen molar-refractivity contribution in [2.75, 3.05) is 0 Å². The van der Waals surface area contributed by atoms with Crippen LogP contribution < -0.4 is 0 Å². The molecule has 0 saturated carbocycles. The summed E-state index contributed by atoms with van der Waals surface area (Å²) >= 11 is 0. The fourth-order valence-electron chi connectivity index (χ4n) is 1.96. The summed E-state index contributed by atoms with van der Waals surface area (Å²) in [7, 11) is 1.78. The van der Waals surface area contributed by atoms with Crippen LogP contribution in [0.25, 0.3) is 6.08 Å². The standard InChI is InChI=1S/C16H16F3N3O2/c1-3-13-20-21-14(22(13)2)10-24-15(23)9-6-11-4-7-12(8-5-11)16(17,18)19/h4-9H,3,10H2,1-2H3/b9-6+. The second-order valence-electron chi connectivity index (χ2n) is 5.01. The summed E-state index contributed by atoms with van der Waals surface area (Å²) in [5.41, 5.74) is -0.275. The highest BCUT2D eigenvalue weighted by Crippen LogP contribution is 2.29. The number of aryl methyl sites for hydroxylation is 1. The van der Waals surface area contributed by atoms with Gasteiger partial charge >= 0.3 is 12.1 Å². The maximum Gasteiger partial charge on any atom is 0.416 e. The molecule has 0 saturated heterocycles. The number of carbonyl (C=O) groups is 1. The number of esters is 1. The summed E-state index contributed by atoms with van der Waals surface area (Å²) in [4.78, 5) is 11.7. The number of benzene rings is 1. The van der Waals surface area contributed by atoms with Crippen molar-refractivity contribution in [3.8, 4) is 0 Å². The van der Waals surface area contributed by atoms with Gasteiger partial charge in [-0.3, -0.25) is 0 Å². The first-order valence-corrected chi connectivity index (χ1v) is 7.20. The molecule has 0 atom stereocenters. The number of alkyl halides is 3. The lowest BCUT2D eigenvalue weighted by Gasteiger charge is -2.06. The van der Waals surface area contributed by atoms with E-state index in [1.54, 1.807) is 11.6 Å². The van der Waals surface area contributed by atoms with Crippen molar-refractivity contribution in [1.29, 1.82) is 0 Å². The van der Waals surface area contributed by atoms with Crippen molar-refractivity contribution in [1.82, 2.24) is 14.8 Å². The van der Waals surface area contributed by atoms with E-state index in [2.05, 4.69) is 10.2 Å². The highest BCUT2D eigenvalue weighted by Gasteiger charge is 2.29. The molecule has 0 aliphatic heterocycles. The molecule has 0 unspecified atom stereocenters. The van der Waals surface area contributed by atoms with Crippen LogP contribution in [0.4, 0.5) is 13.2 Å². The van der Waals surface area contributed by atoms with Crippen molar-refractivity contribution in [3.63, 3.8) is 0 Å². The molecule has 0 aliphatic carbocycles. The second-order valence-corrected chi connectivity index (χ2v) is 5.01. The molecule has 0 amide bonds. The van der Waals surface area contributed by atoms with E-state index in [1.807, 2.05) is 6.92 Å². The van der Waals surface area contributed by atoms with Crippen molar-refractivity contribution < 1.29 is 22.7 Å². The Kier molecular flexibility index (Phi) is 5.38. The maximum absolute atomic E-state index is 12.5. The van der Waals surface area contributed by atoms with E-state index in [-0.39, 0.29) is 6.61 Å². The molecule has 2 rings (SSSR count). The van der Waals surface area contributed by atoms with Crippen LogP contribution in [0.15, 0.2) is 30.3 Å². The fourth-order valence-corrected chi connectivity index (χ4v) is 1.96. The molecular formula is C16H16F3N3O2. The fraction of sp³-hybridized carbons (Fsp3) is 0.312. The van der Waals surface area contributed by atoms with Crippen LogP contribution >= 0.6 is 0 Å². The smallest absolute Gasteiger partial charge is 0.416 e. The first-order chi connectivity index (χ1) is 11.3. The quantitative estimate of drug-likeness (QED) is 0.620. The van der Waals surface area contributed by atoms with Gasteiger partial charge in [-0.05, 0) is 23.8 Å². The number of halogens is 3. The molecule has 0 bridgehead atoms. The predicted octanol–water partition coefficient (Wildman–Crippen LogP) is 3.15. The van der Waals surface area contributed by atoms with Crippen LogP contribution in [0.3, 0.4) is 0 Å². The van der Waals surface area contributed by atoms with E-state index in [0.29, 0.717) is 17.8 Å². The van der Waals surface area contributed by atoms with Gasteiger partial charge in [0.1, 0.15) is 5.82 Å². The Balaban J connectivity index is 1.92. The van der Waals surface area contributed by atoms with Gasteiger partial charge in [-0.2, -0.15) is 13.2 Å². The van der Waals surface area contributed by atoms with Crippen LogP contribution in [-0.2, 0) is 35.8 Å². The number of rotatable bonds is 5. The van der Waals surface area contributed by atoms with Crippen molar-refractivity contribution >= 4 is 12.0 Å². The molecule has 5 nitrogen and oxygen atoms in total. The minimum absolute atomic E-state index is 0.0281. The average molecular weight is 339 g/mol. The van der Waals surface area contributed by atoms with E-state index < -0.39 is 17.7 Å². The molecule has 0 N–H and O–H groups in total. The third-order valence-corrected chi connectivity index (χ3v) is 3.36. The van der Waals surface area contributed by atoms with Crippen LogP contribution in [0, 0.1) is 0 Å². The minimum Gasteiger partial charge on any atom is -0.454 e. The maximum atomic E-state index is 12.5. The lowest BCUT2D eigenvalue weighted by atomic mass is 10.1. The molecule has 8 heteroatoms. The van der Waals surface area contributed by atoms with Gasteiger partial charge in [0.2, 0.25) is 0 Å². The molecule has 0 aliphatic rings. The van der Waals surface area contributed by atoms with Crippen molar-refractivity contribution in [3.05, 3.63) is 53.1 Å². The zero-order valence-corrected chi connectivity index (χ0v) is 13.2. The topological polar surface area (TPSA) is 57.0 Å². The van der Waals surface area contributed by atoms with Gasteiger partial charge in [-0.15, -0.1) is 10.2 Å². The molecule has 24 heavy (non-hydrogen) atoms. The van der Waals surface area contributed by atoms with Gasteiger partial charge in [0, 0.05) is 19.5 Å². The normalized spacial score (nSPS) is 11.9. The third-order valence-electron chi connectivity index (χ3n) is 3.36. The Labute approximate surface area is 136 Å². The molecule has 2 aromatic rings. The highest BCUT2D eigenvalue weighted by molar-refractivity contribution is 5.87. The minimum atomic E-state index is -4.38. The van der Waals surface area contributed by atoms with E-state index in [9.17, 15) is 18.0 Å². The monoisotopic (exact) mass is 339 g/mol. The third kappa shape index (κ3) is 4.43. The summed E-state index contributed by atoms with van der Waals surface area (Å²) in [5.74, 6) is 0.681. The SMILES string of the molecule is CCc1nnc(COC(=O)/C=C/c2ccc(C(F)(F)F)cc2)n1C. The number of hydrogen-bond acceptors (Lipinski definition) is 4. The van der Waals surface area contributed by atoms with Crippen LogP contribution in [-0.4, -0.2) is 20.7 Å². The first kappa shape index (κ1) is 17.7. The first-order valence-electron chi connectivity index (χ1n) is 7.20. The Hall–Kier alpha value is -2.64. The molecule has 128 valence electrons. The summed E-state index contributed by atoms with van der Waals surface area (Å²) in [5, 5.41) is 7.86. The Morgan fingerprint density at radius 3 is 2.38 bits per heavy atom. The largest absolute Gasteiger partial charge is 0.454 e. The Morgan fingerprint density at radius 2 is 1.83 bits per heavy atom. The van der Waals surface area contributed by atoms with E-state index in [0.717, 1.165) is 24.0 Å². The zero-order valence-electron chi connectivity index (χ0n) is 13.2. The van der Waals surface area contributed by atoms with Crippen molar-refractivity contribution in [2.24, 2.45) is 7.05 Å². The number of carbonyl (C=O) groups excluding carboxylic acids is 1. The Morgan fingerprint density at radius 1 is 1.21 bits per heavy atom. The lowest BCUT2D eigenvalue weighted by molar-refractivity contribution is -0.139. The summed E-state index contributed by atoms with van der Waals surface area (Å²) in [6.45, 7) is 1.91. The molecule has 1 aromatic heterocycles. The molecule has 1 heterocycles. The molecule has 1 aromatic carbocycles. The van der Waals surface area contributed by atoms with Crippen LogP contribution in [0.2, 0.25) is 0 Å². The number of ether oxygens (including phenoxy) is 1. The number of nitrogens with zero attached hydrogens (tertiary/aromatic N) is 3. The van der Waals surface area contributed by atoms with E-state index in [1.165, 1.54) is 18.2 Å². The van der Waals surface area contributed by atoms with E-state index >= 15 is 0 Å². The van der Waals surface area contributed by atoms with Gasteiger partial charge in [0.05, 0.1) is 5.56 Å². The van der Waals surface area contributed by atoms with Crippen molar-refractivity contribution in [2.45, 2.75) is 26.1 Å². The van der Waals surface area contributed by atoms with Gasteiger partial charge in [-0.25, -0.2) is 4.79 Å². The second kappa shape index (κ2) is 7.29. The van der Waals surface area contributed by atoms with Gasteiger partial charge in [0.25, 0.3) is 0 Å². The van der Waals surface area contributed by atoms with E-state index in [4.69, 9.17) is 4.74 Å². The molecule has 0 radical (unpaired) electrons. The summed E-state index contributed by atoms with van der Waals surface area (Å²) in [6, 6.07) is 4.47. The number of aromatic nitrogens is 3. The highest BCUT2D eigenvalue weighted by atomic mass is 19.4. The summed E-state index contributed by atoms with van der Waals surface area (Å²) < 4.78 is 44.1. The predicted molar refractivity (Wildman–Crippen MR) is 80.7 cm³/mol. The zero-order chi connectivity index (χ0) is 17.7. The van der Waals surface area contributed by atoms with Crippen LogP contribution in [0.5, 0.6) is 0 Å². The summed E-state index contributed by atoms with van der Waals surface area (Å²) in [6.07, 6.45) is -1.13. The van der Waals surface area contributed by atoms with Gasteiger partial charge < -0.3 is 9.30 Å². The average Bonchev–Trinajstić information content (AvgIpc) is 2.90. The lowest BCUT2D eigenvalue weighted by Crippen LogP contribution is -2.07.